The molecule has 0 aromatic heterocycles. The molecule has 0 saturated heterocycles. The summed E-state index contributed by atoms with van der Waals surface area (Å²) in [6.45, 7) is 12.7. The highest BCUT2D eigenvalue weighted by Crippen LogP contribution is 1.89. The maximum Gasteiger partial charge on any atom is 0.103 e. The first-order valence-electron chi connectivity index (χ1n) is 5.40. The summed E-state index contributed by atoms with van der Waals surface area (Å²) >= 11 is 0. The second-order valence-electron chi connectivity index (χ2n) is 3.45. The lowest BCUT2D eigenvalue weighted by Crippen LogP contribution is -2.30. The molecule has 0 aliphatic heterocycles. The fourth-order valence-electron chi connectivity index (χ4n) is 1.25. The van der Waals surface area contributed by atoms with Gasteiger partial charge >= 0.3 is 0 Å². The quantitative estimate of drug-likeness (QED) is 0.450. The first kappa shape index (κ1) is 13.5. The van der Waals surface area contributed by atoms with Gasteiger partial charge < -0.3 is 15.0 Å². The minimum atomic E-state index is 0.705. The maximum atomic E-state index is 5.23. The molecule has 0 atom stereocenters. The Bertz CT molecular complexity index is 148. The van der Waals surface area contributed by atoms with Crippen LogP contribution in [0.4, 0.5) is 0 Å². The predicted molar refractivity (Wildman–Crippen MR) is 61.4 cm³/mol. The van der Waals surface area contributed by atoms with Crippen molar-refractivity contribution in [3.63, 3.8) is 0 Å². The van der Waals surface area contributed by atoms with E-state index < -0.39 is 0 Å². The van der Waals surface area contributed by atoms with Crippen molar-refractivity contribution >= 4 is 0 Å². The van der Waals surface area contributed by atoms with Crippen molar-refractivity contribution in [3.8, 4) is 0 Å². The zero-order valence-electron chi connectivity index (χ0n) is 9.81. The molecule has 0 fully saturated rings. The molecular weight excluding hydrogens is 176 g/mol. The summed E-state index contributed by atoms with van der Waals surface area (Å²) in [4.78, 5) is 2.32. The van der Waals surface area contributed by atoms with Gasteiger partial charge in [0.2, 0.25) is 0 Å². The summed E-state index contributed by atoms with van der Waals surface area (Å²) in [5.41, 5.74) is 0. The van der Waals surface area contributed by atoms with Gasteiger partial charge in [-0.1, -0.05) is 13.5 Å². The molecule has 0 aromatic rings. The van der Waals surface area contributed by atoms with E-state index in [1.807, 2.05) is 6.92 Å². The van der Waals surface area contributed by atoms with Crippen LogP contribution in [0.25, 0.3) is 0 Å². The van der Waals surface area contributed by atoms with E-state index in [1.165, 1.54) is 6.42 Å². The average molecular weight is 200 g/mol. The van der Waals surface area contributed by atoms with Crippen molar-refractivity contribution in [2.45, 2.75) is 20.3 Å². The van der Waals surface area contributed by atoms with E-state index in [0.29, 0.717) is 6.61 Å². The van der Waals surface area contributed by atoms with Crippen molar-refractivity contribution in [1.29, 1.82) is 0 Å². The van der Waals surface area contributed by atoms with Crippen LogP contribution in [0.15, 0.2) is 12.3 Å². The molecule has 0 spiro atoms. The third kappa shape index (κ3) is 8.08. The van der Waals surface area contributed by atoms with Crippen molar-refractivity contribution in [1.82, 2.24) is 10.2 Å². The highest BCUT2D eigenvalue weighted by Gasteiger charge is 1.96. The van der Waals surface area contributed by atoms with Gasteiger partial charge in [-0.2, -0.15) is 0 Å². The zero-order chi connectivity index (χ0) is 10.8. The first-order valence-corrected chi connectivity index (χ1v) is 5.40. The summed E-state index contributed by atoms with van der Waals surface area (Å²) in [6, 6.07) is 0. The molecule has 0 radical (unpaired) electrons. The van der Waals surface area contributed by atoms with Crippen LogP contribution < -0.4 is 5.32 Å². The van der Waals surface area contributed by atoms with E-state index in [0.717, 1.165) is 31.9 Å². The van der Waals surface area contributed by atoms with Crippen LogP contribution in [0.1, 0.15) is 20.3 Å². The minimum absolute atomic E-state index is 0.705. The smallest absolute Gasteiger partial charge is 0.103 e. The highest BCUT2D eigenvalue weighted by molar-refractivity contribution is 4.84. The Kier molecular flexibility index (Phi) is 8.68. The summed E-state index contributed by atoms with van der Waals surface area (Å²) in [5.74, 6) is 0.825. The normalized spacial score (nSPS) is 10.6. The lowest BCUT2D eigenvalue weighted by molar-refractivity contribution is 0.221. The molecule has 1 N–H and O–H groups in total. The molecular formula is C11H24N2O. The topological polar surface area (TPSA) is 24.5 Å². The van der Waals surface area contributed by atoms with Crippen LogP contribution in [-0.2, 0) is 4.74 Å². The zero-order valence-corrected chi connectivity index (χ0v) is 9.81. The minimum Gasteiger partial charge on any atom is -0.497 e. The second kappa shape index (κ2) is 9.03. The van der Waals surface area contributed by atoms with Crippen molar-refractivity contribution < 1.29 is 4.74 Å². The van der Waals surface area contributed by atoms with E-state index in [2.05, 4.69) is 30.8 Å². The number of hydrogen-bond acceptors (Lipinski definition) is 3. The third-order valence-corrected chi connectivity index (χ3v) is 1.95. The number of likely N-dealkylation sites (N-methyl/N-ethyl adjacent to an activating group) is 1. The van der Waals surface area contributed by atoms with Gasteiger partial charge in [-0.15, -0.1) is 0 Å². The molecule has 0 aromatic carbocycles. The molecule has 0 bridgehead atoms. The van der Waals surface area contributed by atoms with Crippen LogP contribution in [0.3, 0.4) is 0 Å². The van der Waals surface area contributed by atoms with Crippen LogP contribution in [-0.4, -0.2) is 44.7 Å². The number of hydrogen-bond donors (Lipinski definition) is 1. The molecule has 0 aliphatic carbocycles. The average Bonchev–Trinajstić information content (AvgIpc) is 2.13. The molecule has 3 heteroatoms. The number of nitrogens with one attached hydrogen (secondary N) is 1. The van der Waals surface area contributed by atoms with Gasteiger partial charge in [0.25, 0.3) is 0 Å². The Morgan fingerprint density at radius 1 is 1.36 bits per heavy atom. The largest absolute Gasteiger partial charge is 0.497 e. The monoisotopic (exact) mass is 200 g/mol. The third-order valence-electron chi connectivity index (χ3n) is 1.95. The molecule has 14 heavy (non-hydrogen) atoms. The molecule has 3 nitrogen and oxygen atoms in total. The van der Waals surface area contributed by atoms with Gasteiger partial charge in [0.15, 0.2) is 0 Å². The molecule has 0 rings (SSSR count). The van der Waals surface area contributed by atoms with Crippen LogP contribution in [0.5, 0.6) is 0 Å². The predicted octanol–water partition coefficient (Wildman–Crippen LogP) is 1.47. The van der Waals surface area contributed by atoms with E-state index in [1.54, 1.807) is 0 Å². The van der Waals surface area contributed by atoms with Gasteiger partial charge in [0.1, 0.15) is 5.76 Å². The highest BCUT2D eigenvalue weighted by atomic mass is 16.5. The second-order valence-corrected chi connectivity index (χ2v) is 3.45. The summed E-state index contributed by atoms with van der Waals surface area (Å²) < 4.78 is 5.23. The Hall–Kier alpha value is -0.540. The van der Waals surface area contributed by atoms with Crippen LogP contribution in [0.2, 0.25) is 0 Å². The van der Waals surface area contributed by atoms with E-state index >= 15 is 0 Å². The van der Waals surface area contributed by atoms with Crippen LogP contribution in [0, 0.1) is 0 Å². The summed E-state index contributed by atoms with van der Waals surface area (Å²) in [6.07, 6.45) is 1.21. The first-order chi connectivity index (χ1) is 6.70. The van der Waals surface area contributed by atoms with E-state index in [4.69, 9.17) is 4.74 Å². The van der Waals surface area contributed by atoms with Gasteiger partial charge in [0, 0.05) is 13.1 Å². The summed E-state index contributed by atoms with van der Waals surface area (Å²) in [5, 5.41) is 3.29. The van der Waals surface area contributed by atoms with Crippen molar-refractivity contribution in [3.05, 3.63) is 12.3 Å². The maximum absolute atomic E-state index is 5.23. The number of ether oxygens (including phenoxy) is 1. The van der Waals surface area contributed by atoms with Gasteiger partial charge in [-0.05, 0) is 26.9 Å². The van der Waals surface area contributed by atoms with Gasteiger partial charge in [-0.25, -0.2) is 0 Å². The van der Waals surface area contributed by atoms with Gasteiger partial charge in [-0.3, -0.25) is 0 Å². The van der Waals surface area contributed by atoms with Crippen LogP contribution >= 0.6 is 0 Å². The Morgan fingerprint density at radius 3 is 2.64 bits per heavy atom. The molecule has 0 unspecified atom stereocenters. The standard InChI is InChI=1S/C11H24N2O/c1-5-8-13(4)9-7-12-10-11(3)14-6-2/h12H,3,5-10H2,1-2,4H3. The molecule has 0 amide bonds. The molecule has 0 heterocycles. The molecule has 84 valence electrons. The van der Waals surface area contributed by atoms with Gasteiger partial charge in [0.05, 0.1) is 13.2 Å². The van der Waals surface area contributed by atoms with Crippen molar-refractivity contribution in [2.75, 3.05) is 39.8 Å². The fourth-order valence-corrected chi connectivity index (χ4v) is 1.25. The SMILES string of the molecule is C=C(CNCCN(C)CCC)OCC. The van der Waals surface area contributed by atoms with E-state index in [9.17, 15) is 0 Å². The lowest BCUT2D eigenvalue weighted by Gasteiger charge is -2.15. The summed E-state index contributed by atoms with van der Waals surface area (Å²) in [7, 11) is 2.14. The Morgan fingerprint density at radius 2 is 2.07 bits per heavy atom. The lowest BCUT2D eigenvalue weighted by atomic mass is 10.4. The number of rotatable bonds is 9. The fraction of sp³-hybridized carbons (Fsp3) is 0.818. The Labute approximate surface area is 88.1 Å². The van der Waals surface area contributed by atoms with Crippen molar-refractivity contribution in [2.24, 2.45) is 0 Å². The Balaban J connectivity index is 3.24. The van der Waals surface area contributed by atoms with E-state index in [-0.39, 0.29) is 0 Å². The number of nitrogens with zero attached hydrogens (tertiary/aromatic N) is 1. The molecule has 0 aliphatic rings. The molecule has 0 saturated carbocycles.